The van der Waals surface area contributed by atoms with Crippen LogP contribution < -0.4 is 11.1 Å². The van der Waals surface area contributed by atoms with E-state index in [4.69, 9.17) is 17.3 Å². The summed E-state index contributed by atoms with van der Waals surface area (Å²) in [6.45, 7) is 4.35. The SMILES string of the molecule is CC1CC(C)CC(Nc2ccc(Cl)cc2)(C(N)=O)C1. The predicted octanol–water partition coefficient (Wildman–Crippen LogP) is 3.43. The Kier molecular flexibility index (Phi) is 4.04. The van der Waals surface area contributed by atoms with Crippen molar-refractivity contribution in [2.24, 2.45) is 17.6 Å². The number of benzene rings is 1. The van der Waals surface area contributed by atoms with Crippen LogP contribution in [0.25, 0.3) is 0 Å². The lowest BCUT2D eigenvalue weighted by Gasteiger charge is -2.41. The van der Waals surface area contributed by atoms with Gasteiger partial charge in [-0.2, -0.15) is 0 Å². The maximum Gasteiger partial charge on any atom is 0.243 e. The number of hydrogen-bond acceptors (Lipinski definition) is 2. The summed E-state index contributed by atoms with van der Waals surface area (Å²) in [7, 11) is 0. The Morgan fingerprint density at radius 2 is 1.79 bits per heavy atom. The molecule has 0 aliphatic heterocycles. The van der Waals surface area contributed by atoms with Crippen molar-refractivity contribution in [1.29, 1.82) is 0 Å². The number of nitrogens with one attached hydrogen (secondary N) is 1. The summed E-state index contributed by atoms with van der Waals surface area (Å²) in [6.07, 6.45) is 2.72. The van der Waals surface area contributed by atoms with Crippen LogP contribution in [0.2, 0.25) is 5.02 Å². The molecule has 0 radical (unpaired) electrons. The highest BCUT2D eigenvalue weighted by Crippen LogP contribution is 2.38. The van der Waals surface area contributed by atoms with Crippen molar-refractivity contribution in [3.05, 3.63) is 29.3 Å². The van der Waals surface area contributed by atoms with Gasteiger partial charge in [0, 0.05) is 10.7 Å². The van der Waals surface area contributed by atoms with Gasteiger partial charge in [-0.25, -0.2) is 0 Å². The zero-order chi connectivity index (χ0) is 14.0. The second kappa shape index (κ2) is 5.41. The summed E-state index contributed by atoms with van der Waals surface area (Å²) in [5, 5.41) is 4.03. The summed E-state index contributed by atoms with van der Waals surface area (Å²) >= 11 is 5.88. The Labute approximate surface area is 119 Å². The van der Waals surface area contributed by atoms with Crippen LogP contribution in [-0.4, -0.2) is 11.4 Å². The fourth-order valence-corrected chi connectivity index (χ4v) is 3.43. The van der Waals surface area contributed by atoms with Gasteiger partial charge in [0.25, 0.3) is 0 Å². The van der Waals surface area contributed by atoms with Gasteiger partial charge < -0.3 is 11.1 Å². The molecule has 1 aliphatic carbocycles. The number of anilines is 1. The smallest absolute Gasteiger partial charge is 0.243 e. The molecule has 1 aromatic rings. The quantitative estimate of drug-likeness (QED) is 0.891. The van der Waals surface area contributed by atoms with Crippen molar-refractivity contribution in [1.82, 2.24) is 0 Å². The van der Waals surface area contributed by atoms with E-state index in [1.54, 1.807) is 0 Å². The van der Waals surface area contributed by atoms with Gasteiger partial charge in [-0.1, -0.05) is 25.4 Å². The number of rotatable bonds is 3. The fourth-order valence-electron chi connectivity index (χ4n) is 3.30. The highest BCUT2D eigenvalue weighted by Gasteiger charge is 2.42. The van der Waals surface area contributed by atoms with Gasteiger partial charge in [0.05, 0.1) is 0 Å². The van der Waals surface area contributed by atoms with Gasteiger partial charge in [0.1, 0.15) is 5.54 Å². The topological polar surface area (TPSA) is 55.1 Å². The van der Waals surface area contributed by atoms with Gasteiger partial charge >= 0.3 is 0 Å². The van der Waals surface area contributed by atoms with Crippen LogP contribution in [0.15, 0.2) is 24.3 Å². The zero-order valence-corrected chi connectivity index (χ0v) is 12.2. The number of hydrogen-bond donors (Lipinski definition) is 2. The Balaban J connectivity index is 2.24. The number of amides is 1. The van der Waals surface area contributed by atoms with Crippen molar-refractivity contribution in [2.45, 2.75) is 38.6 Å². The molecule has 1 amide bonds. The van der Waals surface area contributed by atoms with Crippen LogP contribution in [0.3, 0.4) is 0 Å². The third kappa shape index (κ3) is 3.21. The van der Waals surface area contributed by atoms with Crippen LogP contribution in [0.1, 0.15) is 33.1 Å². The molecule has 0 saturated heterocycles. The van der Waals surface area contributed by atoms with Crippen LogP contribution in [-0.2, 0) is 4.79 Å². The molecule has 3 nitrogen and oxygen atoms in total. The maximum atomic E-state index is 12.0. The Morgan fingerprint density at radius 1 is 1.26 bits per heavy atom. The van der Waals surface area contributed by atoms with Crippen LogP contribution in [0.5, 0.6) is 0 Å². The number of halogens is 1. The van der Waals surface area contributed by atoms with E-state index in [2.05, 4.69) is 19.2 Å². The van der Waals surface area contributed by atoms with E-state index >= 15 is 0 Å². The number of carbonyl (C=O) groups is 1. The third-order valence-corrected chi connectivity index (χ3v) is 4.15. The number of nitrogens with two attached hydrogens (primary N) is 1. The molecule has 1 aliphatic rings. The van der Waals surface area contributed by atoms with Crippen LogP contribution >= 0.6 is 11.6 Å². The van der Waals surface area contributed by atoms with Gasteiger partial charge in [-0.3, -0.25) is 4.79 Å². The Morgan fingerprint density at radius 3 is 2.26 bits per heavy atom. The second-order valence-corrected chi connectivity index (χ2v) is 6.37. The normalized spacial score (nSPS) is 30.9. The van der Waals surface area contributed by atoms with Crippen molar-refractivity contribution < 1.29 is 4.79 Å². The molecule has 19 heavy (non-hydrogen) atoms. The van der Waals surface area contributed by atoms with E-state index in [0.29, 0.717) is 16.9 Å². The lowest BCUT2D eigenvalue weighted by atomic mass is 9.71. The second-order valence-electron chi connectivity index (χ2n) is 5.93. The first-order chi connectivity index (χ1) is 8.91. The van der Waals surface area contributed by atoms with Crippen molar-refractivity contribution in [3.63, 3.8) is 0 Å². The standard InChI is InChI=1S/C15H21ClN2O/c1-10-7-11(2)9-15(8-10,14(17)19)18-13-5-3-12(16)4-6-13/h3-6,10-11,18H,7-9H2,1-2H3,(H2,17,19). The molecule has 0 bridgehead atoms. The molecule has 2 unspecified atom stereocenters. The zero-order valence-electron chi connectivity index (χ0n) is 11.4. The molecule has 0 heterocycles. The summed E-state index contributed by atoms with van der Waals surface area (Å²) in [5.41, 5.74) is 5.94. The first kappa shape index (κ1) is 14.2. The molecule has 0 spiro atoms. The van der Waals surface area contributed by atoms with E-state index in [1.807, 2.05) is 24.3 Å². The molecular weight excluding hydrogens is 260 g/mol. The van der Waals surface area contributed by atoms with Crippen molar-refractivity contribution in [2.75, 3.05) is 5.32 Å². The third-order valence-electron chi connectivity index (χ3n) is 3.90. The van der Waals surface area contributed by atoms with E-state index in [1.165, 1.54) is 0 Å². The van der Waals surface area contributed by atoms with E-state index < -0.39 is 5.54 Å². The molecule has 1 fully saturated rings. The number of carbonyl (C=O) groups excluding carboxylic acids is 1. The molecule has 0 aromatic heterocycles. The van der Waals surface area contributed by atoms with Crippen LogP contribution in [0.4, 0.5) is 5.69 Å². The lowest BCUT2D eigenvalue weighted by Crippen LogP contribution is -2.54. The van der Waals surface area contributed by atoms with E-state index in [9.17, 15) is 4.79 Å². The lowest BCUT2D eigenvalue weighted by molar-refractivity contribution is -0.124. The molecule has 1 aromatic carbocycles. The van der Waals surface area contributed by atoms with Gasteiger partial charge in [0.15, 0.2) is 0 Å². The largest absolute Gasteiger partial charge is 0.371 e. The monoisotopic (exact) mass is 280 g/mol. The molecule has 3 N–H and O–H groups in total. The minimum atomic E-state index is -0.634. The van der Waals surface area contributed by atoms with E-state index in [-0.39, 0.29) is 5.91 Å². The summed E-state index contributed by atoms with van der Waals surface area (Å²) < 4.78 is 0. The number of primary amides is 1. The average Bonchev–Trinajstić information content (AvgIpc) is 2.30. The highest BCUT2D eigenvalue weighted by molar-refractivity contribution is 6.30. The van der Waals surface area contributed by atoms with Gasteiger partial charge in [0.2, 0.25) is 5.91 Å². The van der Waals surface area contributed by atoms with Crippen molar-refractivity contribution >= 4 is 23.2 Å². The van der Waals surface area contributed by atoms with E-state index in [0.717, 1.165) is 24.9 Å². The summed E-state index contributed by atoms with van der Waals surface area (Å²) in [6, 6.07) is 7.40. The molecular formula is C15H21ClN2O. The Hall–Kier alpha value is -1.22. The molecule has 1 saturated carbocycles. The molecule has 2 rings (SSSR count). The first-order valence-electron chi connectivity index (χ1n) is 6.75. The molecule has 4 heteroatoms. The predicted molar refractivity (Wildman–Crippen MR) is 79.2 cm³/mol. The Bertz CT molecular complexity index is 448. The highest BCUT2D eigenvalue weighted by atomic mass is 35.5. The minimum Gasteiger partial charge on any atom is -0.371 e. The molecule has 2 atom stereocenters. The van der Waals surface area contributed by atoms with Gasteiger partial charge in [-0.05, 0) is 55.4 Å². The summed E-state index contributed by atoms with van der Waals surface area (Å²) in [4.78, 5) is 12.0. The minimum absolute atomic E-state index is 0.263. The van der Waals surface area contributed by atoms with Crippen molar-refractivity contribution in [3.8, 4) is 0 Å². The first-order valence-corrected chi connectivity index (χ1v) is 7.13. The summed E-state index contributed by atoms with van der Waals surface area (Å²) in [5.74, 6) is 0.730. The maximum absolute atomic E-state index is 12.0. The fraction of sp³-hybridized carbons (Fsp3) is 0.533. The molecule has 104 valence electrons. The average molecular weight is 281 g/mol. The van der Waals surface area contributed by atoms with Crippen LogP contribution in [0, 0.1) is 11.8 Å². The van der Waals surface area contributed by atoms with Gasteiger partial charge in [-0.15, -0.1) is 0 Å².